The number of nitrogen functional groups attached to an aromatic ring is 2. The Hall–Kier alpha value is -2.34. The van der Waals surface area contributed by atoms with Gasteiger partial charge in [-0.1, -0.05) is 17.7 Å². The zero-order valence-corrected chi connectivity index (χ0v) is 10.9. The Morgan fingerprint density at radius 3 is 2.63 bits per heavy atom. The smallest absolute Gasteiger partial charge is 0.222 e. The fourth-order valence-electron chi connectivity index (χ4n) is 1.97. The van der Waals surface area contributed by atoms with E-state index in [1.54, 1.807) is 0 Å². The second-order valence-corrected chi connectivity index (χ2v) is 4.56. The number of rotatable bonds is 1. The summed E-state index contributed by atoms with van der Waals surface area (Å²) in [5.74, 6) is 1.26. The number of aryl methyl sites for hydroxylation is 1. The first-order chi connectivity index (χ1) is 9.04. The lowest BCUT2D eigenvalue weighted by Crippen LogP contribution is -2.00. The van der Waals surface area contributed by atoms with E-state index in [0.29, 0.717) is 22.2 Å². The van der Waals surface area contributed by atoms with Crippen molar-refractivity contribution in [1.29, 1.82) is 0 Å². The molecule has 0 saturated heterocycles. The zero-order valence-electron chi connectivity index (χ0n) is 10.1. The van der Waals surface area contributed by atoms with Crippen LogP contribution >= 0.6 is 11.6 Å². The lowest BCUT2D eigenvalue weighted by atomic mass is 10.1. The lowest BCUT2D eigenvalue weighted by Gasteiger charge is -2.04. The number of halogens is 1. The largest absolute Gasteiger partial charge is 0.383 e. The maximum atomic E-state index is 6.09. The predicted molar refractivity (Wildman–Crippen MR) is 75.7 cm³/mol. The van der Waals surface area contributed by atoms with Gasteiger partial charge in [0.2, 0.25) is 5.95 Å². The Morgan fingerprint density at radius 2 is 1.95 bits per heavy atom. The third-order valence-corrected chi connectivity index (χ3v) is 3.07. The highest BCUT2D eigenvalue weighted by atomic mass is 35.5. The Bertz CT molecular complexity index is 779. The number of nitrogens with one attached hydrogen (secondary N) is 1. The molecule has 0 fully saturated rings. The fourth-order valence-corrected chi connectivity index (χ4v) is 2.26. The van der Waals surface area contributed by atoms with Gasteiger partial charge in [0.25, 0.3) is 0 Å². The first kappa shape index (κ1) is 11.7. The molecule has 0 aliphatic carbocycles. The Morgan fingerprint density at radius 1 is 1.16 bits per heavy atom. The first-order valence-corrected chi connectivity index (χ1v) is 5.97. The van der Waals surface area contributed by atoms with Crippen molar-refractivity contribution >= 4 is 34.3 Å². The number of benzene rings is 1. The monoisotopic (exact) mass is 274 g/mol. The molecule has 6 nitrogen and oxygen atoms in total. The average Bonchev–Trinajstić information content (AvgIpc) is 2.67. The SMILES string of the molecule is Cc1nc(-c2ccc3c(N)nc(N)nc3c2)c(Cl)[nH]1. The molecule has 0 unspecified atom stereocenters. The second-order valence-electron chi connectivity index (χ2n) is 4.18. The molecular weight excluding hydrogens is 264 g/mol. The van der Waals surface area contributed by atoms with Crippen molar-refractivity contribution < 1.29 is 0 Å². The molecule has 7 heteroatoms. The van der Waals surface area contributed by atoms with Gasteiger partial charge >= 0.3 is 0 Å². The highest BCUT2D eigenvalue weighted by Gasteiger charge is 2.11. The number of anilines is 2. The van der Waals surface area contributed by atoms with Crippen molar-refractivity contribution in [3.05, 3.63) is 29.2 Å². The van der Waals surface area contributed by atoms with Crippen LogP contribution < -0.4 is 11.5 Å². The number of aromatic nitrogens is 4. The van der Waals surface area contributed by atoms with E-state index in [0.717, 1.165) is 16.8 Å². The van der Waals surface area contributed by atoms with E-state index in [1.165, 1.54) is 0 Å². The van der Waals surface area contributed by atoms with E-state index >= 15 is 0 Å². The molecule has 3 rings (SSSR count). The molecule has 0 atom stereocenters. The number of hydrogen-bond donors (Lipinski definition) is 3. The molecule has 0 saturated carbocycles. The van der Waals surface area contributed by atoms with Gasteiger partial charge in [0.15, 0.2) is 0 Å². The summed E-state index contributed by atoms with van der Waals surface area (Å²) in [6.45, 7) is 1.84. The van der Waals surface area contributed by atoms with Crippen molar-refractivity contribution in [2.24, 2.45) is 0 Å². The molecule has 0 amide bonds. The van der Waals surface area contributed by atoms with Crippen molar-refractivity contribution in [3.8, 4) is 11.3 Å². The maximum absolute atomic E-state index is 6.09. The minimum Gasteiger partial charge on any atom is -0.383 e. The molecule has 5 N–H and O–H groups in total. The molecule has 0 aliphatic rings. The Balaban J connectivity index is 2.24. The van der Waals surface area contributed by atoms with Crippen LogP contribution in [0.5, 0.6) is 0 Å². The van der Waals surface area contributed by atoms with Crippen molar-refractivity contribution in [1.82, 2.24) is 19.9 Å². The number of nitrogens with zero attached hydrogens (tertiary/aromatic N) is 3. The molecule has 0 aliphatic heterocycles. The quantitative estimate of drug-likeness (QED) is 0.630. The number of aromatic amines is 1. The molecule has 3 aromatic rings. The molecule has 0 spiro atoms. The van der Waals surface area contributed by atoms with E-state index in [-0.39, 0.29) is 5.95 Å². The molecular formula is C12H11ClN6. The minimum atomic E-state index is 0.145. The summed E-state index contributed by atoms with van der Waals surface area (Å²) in [4.78, 5) is 15.4. The van der Waals surface area contributed by atoms with E-state index in [2.05, 4.69) is 19.9 Å². The lowest BCUT2D eigenvalue weighted by molar-refractivity contribution is 1.15. The maximum Gasteiger partial charge on any atom is 0.222 e. The average molecular weight is 275 g/mol. The highest BCUT2D eigenvalue weighted by molar-refractivity contribution is 6.32. The number of imidazole rings is 1. The summed E-state index contributed by atoms with van der Waals surface area (Å²) >= 11 is 6.09. The molecule has 19 heavy (non-hydrogen) atoms. The molecule has 96 valence electrons. The summed E-state index contributed by atoms with van der Waals surface area (Å²) in [6, 6.07) is 5.55. The number of fused-ring (bicyclic) bond motifs is 1. The Labute approximate surface area is 113 Å². The van der Waals surface area contributed by atoms with Crippen LogP contribution in [-0.2, 0) is 0 Å². The first-order valence-electron chi connectivity index (χ1n) is 5.60. The fraction of sp³-hybridized carbons (Fsp3) is 0.0833. The van der Waals surface area contributed by atoms with Gasteiger partial charge in [0, 0.05) is 10.9 Å². The van der Waals surface area contributed by atoms with E-state index in [4.69, 9.17) is 23.1 Å². The van der Waals surface area contributed by atoms with Crippen LogP contribution in [0.1, 0.15) is 5.82 Å². The highest BCUT2D eigenvalue weighted by Crippen LogP contribution is 2.29. The summed E-state index contributed by atoms with van der Waals surface area (Å²) in [5, 5.41) is 1.24. The molecule has 2 heterocycles. The van der Waals surface area contributed by atoms with Gasteiger partial charge in [-0.2, -0.15) is 4.98 Å². The van der Waals surface area contributed by atoms with Crippen LogP contribution in [-0.4, -0.2) is 19.9 Å². The van der Waals surface area contributed by atoms with E-state index in [9.17, 15) is 0 Å². The van der Waals surface area contributed by atoms with Gasteiger partial charge < -0.3 is 16.5 Å². The van der Waals surface area contributed by atoms with E-state index in [1.807, 2.05) is 25.1 Å². The van der Waals surface area contributed by atoms with Crippen LogP contribution in [0.15, 0.2) is 18.2 Å². The van der Waals surface area contributed by atoms with Gasteiger partial charge in [-0.3, -0.25) is 0 Å². The zero-order chi connectivity index (χ0) is 13.6. The van der Waals surface area contributed by atoms with Gasteiger partial charge in [0.05, 0.1) is 5.52 Å². The van der Waals surface area contributed by atoms with Crippen molar-refractivity contribution in [2.45, 2.75) is 6.92 Å². The summed E-state index contributed by atoms with van der Waals surface area (Å²) in [7, 11) is 0. The van der Waals surface area contributed by atoms with Crippen LogP contribution in [0.3, 0.4) is 0 Å². The summed E-state index contributed by atoms with van der Waals surface area (Å²) < 4.78 is 0. The van der Waals surface area contributed by atoms with Crippen LogP contribution in [0.2, 0.25) is 5.15 Å². The summed E-state index contributed by atoms with van der Waals surface area (Å²) in [6.07, 6.45) is 0. The minimum absolute atomic E-state index is 0.145. The second kappa shape index (κ2) is 4.10. The molecule has 2 aromatic heterocycles. The molecule has 1 aromatic carbocycles. The third kappa shape index (κ3) is 1.96. The van der Waals surface area contributed by atoms with Crippen LogP contribution in [0, 0.1) is 6.92 Å². The van der Waals surface area contributed by atoms with Gasteiger partial charge in [-0.05, 0) is 19.1 Å². The van der Waals surface area contributed by atoms with Gasteiger partial charge in [0.1, 0.15) is 22.5 Å². The topological polar surface area (TPSA) is 106 Å². The summed E-state index contributed by atoms with van der Waals surface area (Å²) in [5.41, 5.74) is 13.6. The predicted octanol–water partition coefficient (Wildman–Crippen LogP) is 2.15. The normalized spacial score (nSPS) is 11.1. The molecule has 0 radical (unpaired) electrons. The number of H-pyrrole nitrogens is 1. The standard InChI is InChI=1S/C12H11ClN6/c1-5-16-9(10(13)17-5)6-2-3-7-8(4-6)18-12(15)19-11(7)14/h2-4H,1H3,(H,16,17)(H4,14,15,18,19). The number of nitrogens with two attached hydrogens (primary N) is 2. The number of hydrogen-bond acceptors (Lipinski definition) is 5. The van der Waals surface area contributed by atoms with Crippen LogP contribution in [0.4, 0.5) is 11.8 Å². The van der Waals surface area contributed by atoms with Gasteiger partial charge in [-0.25, -0.2) is 9.97 Å². The van der Waals surface area contributed by atoms with Gasteiger partial charge in [-0.15, -0.1) is 0 Å². The Kier molecular flexibility index (Phi) is 2.53. The van der Waals surface area contributed by atoms with Crippen molar-refractivity contribution in [2.75, 3.05) is 11.5 Å². The van der Waals surface area contributed by atoms with Crippen LogP contribution in [0.25, 0.3) is 22.2 Å². The van der Waals surface area contributed by atoms with E-state index < -0.39 is 0 Å². The third-order valence-electron chi connectivity index (χ3n) is 2.80. The van der Waals surface area contributed by atoms with Crippen molar-refractivity contribution in [3.63, 3.8) is 0 Å². The molecule has 0 bridgehead atoms.